The zero-order valence-corrected chi connectivity index (χ0v) is 13.9. The molecule has 3 N–H and O–H groups in total. The van der Waals surface area contributed by atoms with Gasteiger partial charge in [0.05, 0.1) is 17.9 Å². The van der Waals surface area contributed by atoms with Crippen molar-refractivity contribution in [1.82, 2.24) is 20.3 Å². The zero-order valence-electron chi connectivity index (χ0n) is 13.2. The van der Waals surface area contributed by atoms with Crippen LogP contribution in [0.25, 0.3) is 5.69 Å². The fourth-order valence-corrected chi connectivity index (χ4v) is 2.43. The third-order valence-electron chi connectivity index (χ3n) is 3.49. The average molecular weight is 360 g/mol. The van der Waals surface area contributed by atoms with Gasteiger partial charge in [-0.3, -0.25) is 9.59 Å². The molecule has 0 atom stereocenters. The van der Waals surface area contributed by atoms with Crippen molar-refractivity contribution < 1.29 is 14.0 Å². The molecule has 8 nitrogen and oxygen atoms in total. The molecule has 0 spiro atoms. The van der Waals surface area contributed by atoms with Crippen molar-refractivity contribution >= 4 is 23.4 Å². The Morgan fingerprint density at radius 2 is 2.12 bits per heavy atom. The van der Waals surface area contributed by atoms with Crippen LogP contribution in [0.1, 0.15) is 32.5 Å². The van der Waals surface area contributed by atoms with Crippen LogP contribution in [0.3, 0.4) is 0 Å². The second-order valence-electron chi connectivity index (χ2n) is 5.23. The maximum atomic E-state index is 12.3. The molecule has 3 rings (SSSR count). The number of halogens is 1. The number of nitrogens with two attached hydrogens (primary N) is 1. The predicted molar refractivity (Wildman–Crippen MR) is 89.5 cm³/mol. The summed E-state index contributed by atoms with van der Waals surface area (Å²) in [7, 11) is 0. The molecule has 128 valence electrons. The molecule has 0 radical (unpaired) electrons. The minimum atomic E-state index is -0.669. The number of carbonyl (C=O) groups is 2. The molecule has 0 aliphatic heterocycles. The first-order chi connectivity index (χ1) is 12.0. The number of aromatic nitrogens is 3. The second-order valence-corrected chi connectivity index (χ2v) is 5.66. The van der Waals surface area contributed by atoms with Crippen LogP contribution in [0.15, 0.2) is 40.8 Å². The van der Waals surface area contributed by atoms with E-state index in [1.165, 1.54) is 10.7 Å². The van der Waals surface area contributed by atoms with E-state index in [1.807, 2.05) is 6.07 Å². The van der Waals surface area contributed by atoms with E-state index in [-0.39, 0.29) is 18.0 Å². The van der Waals surface area contributed by atoms with Crippen molar-refractivity contribution in [3.8, 4) is 5.69 Å². The summed E-state index contributed by atoms with van der Waals surface area (Å²) in [6, 6.07) is 10.1. The summed E-state index contributed by atoms with van der Waals surface area (Å²) in [5, 5.41) is 11.1. The molecular weight excluding hydrogens is 346 g/mol. The summed E-state index contributed by atoms with van der Waals surface area (Å²) in [5.41, 5.74) is 6.56. The van der Waals surface area contributed by atoms with E-state index >= 15 is 0 Å². The van der Waals surface area contributed by atoms with E-state index in [0.717, 1.165) is 0 Å². The van der Waals surface area contributed by atoms with Gasteiger partial charge in [-0.25, -0.2) is 4.68 Å². The van der Waals surface area contributed by atoms with Crippen molar-refractivity contribution in [3.05, 3.63) is 64.3 Å². The van der Waals surface area contributed by atoms with Crippen LogP contribution >= 0.6 is 11.6 Å². The summed E-state index contributed by atoms with van der Waals surface area (Å²) in [4.78, 5) is 23.3. The molecule has 0 fully saturated rings. The van der Waals surface area contributed by atoms with E-state index in [1.54, 1.807) is 31.2 Å². The SMILES string of the molecule is Cc1c(C(=O)NCc2ccc(C(N)=O)o2)nnn1-c1cccc(Cl)c1. The molecule has 25 heavy (non-hydrogen) atoms. The highest BCUT2D eigenvalue weighted by Gasteiger charge is 2.18. The first kappa shape index (κ1) is 16.7. The second kappa shape index (κ2) is 6.78. The minimum Gasteiger partial charge on any atom is -0.454 e. The molecule has 9 heteroatoms. The topological polar surface area (TPSA) is 116 Å². The van der Waals surface area contributed by atoms with Crippen LogP contribution in [0.4, 0.5) is 0 Å². The molecule has 2 amide bonds. The van der Waals surface area contributed by atoms with Crippen LogP contribution in [0.5, 0.6) is 0 Å². The van der Waals surface area contributed by atoms with Gasteiger partial charge in [0.2, 0.25) is 0 Å². The molecule has 0 unspecified atom stereocenters. The normalized spacial score (nSPS) is 10.6. The number of rotatable bonds is 5. The van der Waals surface area contributed by atoms with Gasteiger partial charge in [-0.1, -0.05) is 22.9 Å². The summed E-state index contributed by atoms with van der Waals surface area (Å²) in [6.45, 7) is 1.82. The van der Waals surface area contributed by atoms with Crippen molar-refractivity contribution in [1.29, 1.82) is 0 Å². The predicted octanol–water partition coefficient (Wildman–Crippen LogP) is 1.85. The Morgan fingerprint density at radius 3 is 2.80 bits per heavy atom. The Kier molecular flexibility index (Phi) is 4.53. The molecule has 0 saturated carbocycles. The van der Waals surface area contributed by atoms with Gasteiger partial charge in [0, 0.05) is 5.02 Å². The maximum Gasteiger partial charge on any atom is 0.284 e. The number of nitrogens with one attached hydrogen (secondary N) is 1. The first-order valence-electron chi connectivity index (χ1n) is 7.30. The lowest BCUT2D eigenvalue weighted by molar-refractivity contribution is 0.0942. The Labute approximate surface area is 147 Å². The summed E-state index contributed by atoms with van der Waals surface area (Å²) in [5.74, 6) is -0.643. The number of primary amides is 1. The molecule has 1 aromatic carbocycles. The number of carbonyl (C=O) groups excluding carboxylic acids is 2. The molecule has 3 aromatic rings. The van der Waals surface area contributed by atoms with Crippen LogP contribution in [0.2, 0.25) is 5.02 Å². The van der Waals surface area contributed by atoms with Gasteiger partial charge in [-0.15, -0.1) is 5.10 Å². The van der Waals surface area contributed by atoms with Crippen LogP contribution in [-0.4, -0.2) is 26.8 Å². The number of hydrogen-bond acceptors (Lipinski definition) is 5. The van der Waals surface area contributed by atoms with Crippen molar-refractivity contribution in [3.63, 3.8) is 0 Å². The van der Waals surface area contributed by atoms with Gasteiger partial charge in [-0.2, -0.15) is 0 Å². The van der Waals surface area contributed by atoms with E-state index < -0.39 is 11.8 Å². The van der Waals surface area contributed by atoms with E-state index in [0.29, 0.717) is 22.2 Å². The lowest BCUT2D eigenvalue weighted by Crippen LogP contribution is -2.24. The molecular formula is C16H14ClN5O3. The molecule has 0 saturated heterocycles. The zero-order chi connectivity index (χ0) is 18.0. The van der Waals surface area contributed by atoms with Gasteiger partial charge < -0.3 is 15.5 Å². The lowest BCUT2D eigenvalue weighted by Gasteiger charge is -2.04. The highest BCUT2D eigenvalue weighted by Crippen LogP contribution is 2.17. The summed E-state index contributed by atoms with van der Waals surface area (Å²) >= 11 is 5.97. The standard InChI is InChI=1S/C16H14ClN5O3/c1-9-14(20-21-22(9)11-4-2-3-10(17)7-11)16(24)19-8-12-5-6-13(25-12)15(18)23/h2-7H,8H2,1H3,(H2,18,23)(H,19,24). The number of nitrogens with zero attached hydrogens (tertiary/aromatic N) is 3. The summed E-state index contributed by atoms with van der Waals surface area (Å²) in [6.07, 6.45) is 0. The number of furan rings is 1. The largest absolute Gasteiger partial charge is 0.454 e. The Balaban J connectivity index is 1.73. The van der Waals surface area contributed by atoms with Crippen molar-refractivity contribution in [2.45, 2.75) is 13.5 Å². The lowest BCUT2D eigenvalue weighted by atomic mass is 10.3. The third-order valence-corrected chi connectivity index (χ3v) is 3.73. The molecule has 0 aliphatic rings. The van der Waals surface area contributed by atoms with E-state index in [9.17, 15) is 9.59 Å². The molecule has 0 aliphatic carbocycles. The third kappa shape index (κ3) is 3.53. The Bertz CT molecular complexity index is 947. The Morgan fingerprint density at radius 1 is 1.32 bits per heavy atom. The number of benzene rings is 1. The number of hydrogen-bond donors (Lipinski definition) is 2. The van der Waals surface area contributed by atoms with Gasteiger partial charge in [0.1, 0.15) is 5.76 Å². The highest BCUT2D eigenvalue weighted by atomic mass is 35.5. The molecule has 2 aromatic heterocycles. The highest BCUT2D eigenvalue weighted by molar-refractivity contribution is 6.30. The molecule has 2 heterocycles. The maximum absolute atomic E-state index is 12.3. The fourth-order valence-electron chi connectivity index (χ4n) is 2.25. The van der Waals surface area contributed by atoms with Gasteiger partial charge >= 0.3 is 0 Å². The van der Waals surface area contributed by atoms with Crippen LogP contribution in [-0.2, 0) is 6.54 Å². The van der Waals surface area contributed by atoms with E-state index in [4.69, 9.17) is 21.8 Å². The molecule has 0 bridgehead atoms. The van der Waals surface area contributed by atoms with Crippen molar-refractivity contribution in [2.24, 2.45) is 5.73 Å². The quantitative estimate of drug-likeness (QED) is 0.721. The average Bonchev–Trinajstić information content (AvgIpc) is 3.19. The number of amides is 2. The Hall–Kier alpha value is -3.13. The monoisotopic (exact) mass is 359 g/mol. The van der Waals surface area contributed by atoms with Crippen molar-refractivity contribution in [2.75, 3.05) is 0 Å². The van der Waals surface area contributed by atoms with Crippen LogP contribution in [0, 0.1) is 6.92 Å². The summed E-state index contributed by atoms with van der Waals surface area (Å²) < 4.78 is 6.73. The smallest absolute Gasteiger partial charge is 0.284 e. The van der Waals surface area contributed by atoms with E-state index in [2.05, 4.69) is 15.6 Å². The first-order valence-corrected chi connectivity index (χ1v) is 7.68. The van der Waals surface area contributed by atoms with Crippen LogP contribution < -0.4 is 11.1 Å². The minimum absolute atomic E-state index is 0.0346. The van der Waals surface area contributed by atoms with Gasteiger partial charge in [-0.05, 0) is 37.3 Å². The van der Waals surface area contributed by atoms with Gasteiger partial charge in [0.25, 0.3) is 11.8 Å². The fraction of sp³-hybridized carbons (Fsp3) is 0.125. The van der Waals surface area contributed by atoms with Gasteiger partial charge in [0.15, 0.2) is 11.5 Å².